The molecule has 0 spiro atoms. The second-order valence-electron chi connectivity index (χ2n) is 4.69. The molecule has 1 aliphatic heterocycles. The van der Waals surface area contributed by atoms with Gasteiger partial charge in [0.25, 0.3) is 0 Å². The third kappa shape index (κ3) is 2.58. The van der Waals surface area contributed by atoms with Gasteiger partial charge in [-0.1, -0.05) is 0 Å². The fourth-order valence-electron chi connectivity index (χ4n) is 2.48. The van der Waals surface area contributed by atoms with E-state index in [0.29, 0.717) is 12.5 Å². The zero-order chi connectivity index (χ0) is 12.3. The molecule has 1 saturated heterocycles. The number of pyridine rings is 1. The Morgan fingerprint density at radius 2 is 2.12 bits per heavy atom. The highest BCUT2D eigenvalue weighted by molar-refractivity contribution is 5.50. The summed E-state index contributed by atoms with van der Waals surface area (Å²) in [5, 5.41) is 0. The molecule has 0 bridgehead atoms. The van der Waals surface area contributed by atoms with Gasteiger partial charge in [0.1, 0.15) is 5.82 Å². The van der Waals surface area contributed by atoms with E-state index in [0.717, 1.165) is 31.9 Å². The maximum atomic E-state index is 5.90. The zero-order valence-corrected chi connectivity index (χ0v) is 10.6. The third-order valence-electron chi connectivity index (χ3n) is 3.36. The summed E-state index contributed by atoms with van der Waals surface area (Å²) in [7, 11) is 4.02. The molecular weight excluding hydrogens is 214 g/mol. The van der Waals surface area contributed by atoms with Gasteiger partial charge in [0.05, 0.1) is 0 Å². The molecule has 1 aromatic rings. The molecule has 0 unspecified atom stereocenters. The zero-order valence-electron chi connectivity index (χ0n) is 10.6. The van der Waals surface area contributed by atoms with E-state index in [1.807, 2.05) is 25.2 Å². The monoisotopic (exact) mass is 235 g/mol. The van der Waals surface area contributed by atoms with Crippen molar-refractivity contribution in [2.24, 2.45) is 5.73 Å². The minimum Gasteiger partial charge on any atom is -0.381 e. The van der Waals surface area contributed by atoms with Crippen molar-refractivity contribution in [3.8, 4) is 0 Å². The normalized spacial score (nSPS) is 17.1. The van der Waals surface area contributed by atoms with Gasteiger partial charge in [-0.3, -0.25) is 0 Å². The van der Waals surface area contributed by atoms with E-state index in [4.69, 9.17) is 10.5 Å². The topological polar surface area (TPSA) is 51.4 Å². The van der Waals surface area contributed by atoms with Crippen molar-refractivity contribution < 1.29 is 4.74 Å². The lowest BCUT2D eigenvalue weighted by Crippen LogP contribution is -2.20. The van der Waals surface area contributed by atoms with Crippen LogP contribution in [-0.4, -0.2) is 32.3 Å². The molecule has 1 aromatic heterocycles. The van der Waals surface area contributed by atoms with E-state index in [9.17, 15) is 0 Å². The Balaban J connectivity index is 2.35. The van der Waals surface area contributed by atoms with E-state index >= 15 is 0 Å². The van der Waals surface area contributed by atoms with Gasteiger partial charge >= 0.3 is 0 Å². The first kappa shape index (κ1) is 12.3. The van der Waals surface area contributed by atoms with E-state index in [2.05, 4.69) is 11.1 Å². The summed E-state index contributed by atoms with van der Waals surface area (Å²) < 4.78 is 5.42. The molecule has 0 aliphatic carbocycles. The van der Waals surface area contributed by atoms with Crippen molar-refractivity contribution in [2.45, 2.75) is 25.3 Å². The molecule has 0 radical (unpaired) electrons. The Bertz CT molecular complexity index is 373. The summed E-state index contributed by atoms with van der Waals surface area (Å²) in [5.74, 6) is 1.57. The summed E-state index contributed by atoms with van der Waals surface area (Å²) in [4.78, 5) is 6.45. The van der Waals surface area contributed by atoms with Crippen molar-refractivity contribution in [1.82, 2.24) is 4.98 Å². The van der Waals surface area contributed by atoms with E-state index < -0.39 is 0 Å². The molecule has 0 amide bonds. The maximum absolute atomic E-state index is 5.90. The Kier molecular flexibility index (Phi) is 3.97. The van der Waals surface area contributed by atoms with Crippen molar-refractivity contribution >= 4 is 5.82 Å². The van der Waals surface area contributed by atoms with Crippen LogP contribution in [0.1, 0.15) is 29.9 Å². The molecule has 0 aromatic carbocycles. The lowest BCUT2D eigenvalue weighted by molar-refractivity contribution is 0.0851. The van der Waals surface area contributed by atoms with Crippen LogP contribution in [0.4, 0.5) is 5.82 Å². The minimum absolute atomic E-state index is 0.550. The van der Waals surface area contributed by atoms with Crippen LogP contribution in [0.3, 0.4) is 0 Å². The third-order valence-corrected chi connectivity index (χ3v) is 3.36. The predicted molar refractivity (Wildman–Crippen MR) is 69.2 cm³/mol. The highest BCUT2D eigenvalue weighted by Crippen LogP contribution is 2.32. The van der Waals surface area contributed by atoms with Gasteiger partial charge in [0, 0.05) is 45.6 Å². The molecule has 2 rings (SSSR count). The number of ether oxygens (including phenoxy) is 1. The Labute approximate surface area is 103 Å². The summed E-state index contributed by atoms with van der Waals surface area (Å²) in [6, 6.07) is 2.12. The van der Waals surface area contributed by atoms with Gasteiger partial charge < -0.3 is 15.4 Å². The molecule has 0 atom stereocenters. The summed E-state index contributed by atoms with van der Waals surface area (Å²) >= 11 is 0. The molecule has 1 fully saturated rings. The van der Waals surface area contributed by atoms with Gasteiger partial charge in [0.2, 0.25) is 0 Å². The van der Waals surface area contributed by atoms with E-state index in [1.165, 1.54) is 11.1 Å². The van der Waals surface area contributed by atoms with Crippen LogP contribution in [0.15, 0.2) is 12.3 Å². The predicted octanol–water partition coefficient (Wildman–Crippen LogP) is 1.50. The van der Waals surface area contributed by atoms with Crippen LogP contribution in [0, 0.1) is 0 Å². The number of nitrogens with two attached hydrogens (primary N) is 1. The molecule has 94 valence electrons. The highest BCUT2D eigenvalue weighted by atomic mass is 16.5. The van der Waals surface area contributed by atoms with Crippen LogP contribution in [0.5, 0.6) is 0 Å². The van der Waals surface area contributed by atoms with E-state index in [1.54, 1.807) is 0 Å². The molecule has 2 heterocycles. The second-order valence-corrected chi connectivity index (χ2v) is 4.69. The van der Waals surface area contributed by atoms with Crippen LogP contribution < -0.4 is 10.6 Å². The molecule has 2 N–H and O–H groups in total. The van der Waals surface area contributed by atoms with Crippen molar-refractivity contribution in [1.29, 1.82) is 0 Å². The Morgan fingerprint density at radius 1 is 1.41 bits per heavy atom. The van der Waals surface area contributed by atoms with E-state index in [-0.39, 0.29) is 0 Å². The molecule has 4 nitrogen and oxygen atoms in total. The van der Waals surface area contributed by atoms with Crippen LogP contribution >= 0.6 is 0 Å². The smallest absolute Gasteiger partial charge is 0.132 e. The second kappa shape index (κ2) is 5.47. The Morgan fingerprint density at radius 3 is 2.71 bits per heavy atom. The largest absolute Gasteiger partial charge is 0.381 e. The molecule has 0 saturated carbocycles. The van der Waals surface area contributed by atoms with Gasteiger partial charge in [-0.25, -0.2) is 4.98 Å². The number of nitrogens with zero attached hydrogens (tertiary/aromatic N) is 2. The first-order chi connectivity index (χ1) is 8.24. The fourth-order valence-corrected chi connectivity index (χ4v) is 2.48. The number of hydrogen-bond donors (Lipinski definition) is 1. The maximum Gasteiger partial charge on any atom is 0.132 e. The Hall–Kier alpha value is -1.13. The number of hydrogen-bond acceptors (Lipinski definition) is 4. The van der Waals surface area contributed by atoms with Gasteiger partial charge in [-0.2, -0.15) is 0 Å². The average molecular weight is 235 g/mol. The van der Waals surface area contributed by atoms with Crippen LogP contribution in [0.25, 0.3) is 0 Å². The fraction of sp³-hybridized carbons (Fsp3) is 0.615. The molecule has 1 aliphatic rings. The lowest BCUT2D eigenvalue weighted by Gasteiger charge is -2.26. The lowest BCUT2D eigenvalue weighted by atomic mass is 9.89. The standard InChI is InChI=1S/C13H21N3O/c1-16(2)13-12(9-14)11(3-6-15-13)10-4-7-17-8-5-10/h3,6,10H,4-5,7-9,14H2,1-2H3. The van der Waals surface area contributed by atoms with Gasteiger partial charge in [0.15, 0.2) is 0 Å². The van der Waals surface area contributed by atoms with Crippen LogP contribution in [-0.2, 0) is 11.3 Å². The summed E-state index contributed by atoms with van der Waals surface area (Å²) in [6.45, 7) is 2.26. The molecular formula is C13H21N3O. The molecule has 4 heteroatoms. The number of anilines is 1. The van der Waals surface area contributed by atoms with Crippen molar-refractivity contribution in [3.63, 3.8) is 0 Å². The van der Waals surface area contributed by atoms with Crippen LogP contribution in [0.2, 0.25) is 0 Å². The summed E-state index contributed by atoms with van der Waals surface area (Å²) in [6.07, 6.45) is 4.06. The quantitative estimate of drug-likeness (QED) is 0.862. The SMILES string of the molecule is CN(C)c1nccc(C2CCOCC2)c1CN. The van der Waals surface area contributed by atoms with Gasteiger partial charge in [-0.15, -0.1) is 0 Å². The minimum atomic E-state index is 0.550. The molecule has 17 heavy (non-hydrogen) atoms. The number of rotatable bonds is 3. The van der Waals surface area contributed by atoms with Crippen molar-refractivity contribution in [3.05, 3.63) is 23.4 Å². The number of aromatic nitrogens is 1. The first-order valence-electron chi connectivity index (χ1n) is 6.17. The first-order valence-corrected chi connectivity index (χ1v) is 6.17. The van der Waals surface area contributed by atoms with Gasteiger partial charge in [-0.05, 0) is 30.4 Å². The highest BCUT2D eigenvalue weighted by Gasteiger charge is 2.20. The van der Waals surface area contributed by atoms with Crippen molar-refractivity contribution in [2.75, 3.05) is 32.2 Å². The summed E-state index contributed by atoms with van der Waals surface area (Å²) in [5.41, 5.74) is 8.44. The average Bonchev–Trinajstić information content (AvgIpc) is 2.38.